The highest BCUT2D eigenvalue weighted by molar-refractivity contribution is 7.90. The largest absolute Gasteiger partial charge is 0.275 e. The summed E-state index contributed by atoms with van der Waals surface area (Å²) in [5.41, 5.74) is 2.62. The quantitative estimate of drug-likeness (QED) is 0.926. The first-order chi connectivity index (χ1) is 10.0. The van der Waals surface area contributed by atoms with Crippen molar-refractivity contribution in [1.82, 2.24) is 14.5 Å². The lowest BCUT2D eigenvalue weighted by atomic mass is 10.2. The summed E-state index contributed by atoms with van der Waals surface area (Å²) in [6.07, 6.45) is 2.74. The number of nitrogens with zero attached hydrogens (tertiary/aromatic N) is 3. The van der Waals surface area contributed by atoms with Gasteiger partial charge in [-0.1, -0.05) is 19.1 Å². The van der Waals surface area contributed by atoms with Crippen molar-refractivity contribution in [3.8, 4) is 0 Å². The third kappa shape index (κ3) is 2.44. The van der Waals surface area contributed by atoms with Gasteiger partial charge >= 0.3 is 0 Å². The standard InChI is InChI=1S/C14H16N4O2S/c1-3-12-10(9-18(2)16-12)8-15-14-11-6-4-5-7-13(11)21(19,20)17-14/h4-7,9H,3,8H2,1-2H3,(H,15,17). The number of nitrogens with one attached hydrogen (secondary N) is 1. The second kappa shape index (κ2) is 5.00. The fourth-order valence-corrected chi connectivity index (χ4v) is 3.68. The molecule has 1 aliphatic heterocycles. The molecule has 1 aliphatic rings. The molecule has 0 radical (unpaired) electrons. The van der Waals surface area contributed by atoms with Crippen LogP contribution in [0.3, 0.4) is 0 Å². The van der Waals surface area contributed by atoms with E-state index in [0.717, 1.165) is 17.7 Å². The van der Waals surface area contributed by atoms with E-state index in [0.29, 0.717) is 17.9 Å². The van der Waals surface area contributed by atoms with Gasteiger partial charge in [0.05, 0.1) is 17.1 Å². The van der Waals surface area contributed by atoms with E-state index in [-0.39, 0.29) is 4.90 Å². The van der Waals surface area contributed by atoms with E-state index >= 15 is 0 Å². The summed E-state index contributed by atoms with van der Waals surface area (Å²) < 4.78 is 28.2. The Morgan fingerprint density at radius 1 is 1.33 bits per heavy atom. The highest BCUT2D eigenvalue weighted by Gasteiger charge is 2.30. The third-order valence-corrected chi connectivity index (χ3v) is 4.79. The minimum atomic E-state index is -3.47. The zero-order valence-electron chi connectivity index (χ0n) is 11.9. The number of aromatic nitrogens is 2. The van der Waals surface area contributed by atoms with Gasteiger partial charge in [0.25, 0.3) is 10.0 Å². The summed E-state index contributed by atoms with van der Waals surface area (Å²) in [6, 6.07) is 6.85. The van der Waals surface area contributed by atoms with Gasteiger partial charge in [-0.25, -0.2) is 8.42 Å². The second-order valence-electron chi connectivity index (χ2n) is 4.89. The maximum atomic E-state index is 12.0. The normalized spacial score (nSPS) is 17.7. The molecule has 0 saturated carbocycles. The predicted octanol–water partition coefficient (Wildman–Crippen LogP) is 1.22. The van der Waals surface area contributed by atoms with Gasteiger partial charge in [0.15, 0.2) is 0 Å². The molecule has 0 unspecified atom stereocenters. The van der Waals surface area contributed by atoms with Crippen LogP contribution in [-0.2, 0) is 30.0 Å². The maximum Gasteiger partial charge on any atom is 0.263 e. The summed E-state index contributed by atoms with van der Waals surface area (Å²) in [7, 11) is -1.61. The molecule has 0 saturated heterocycles. The molecule has 0 fully saturated rings. The zero-order chi connectivity index (χ0) is 15.0. The molecular formula is C14H16N4O2S. The number of hydrogen-bond donors (Lipinski definition) is 1. The second-order valence-corrected chi connectivity index (χ2v) is 6.55. The van der Waals surface area contributed by atoms with Gasteiger partial charge in [-0.05, 0) is 18.6 Å². The van der Waals surface area contributed by atoms with Crippen LogP contribution in [0.5, 0.6) is 0 Å². The Bertz CT molecular complexity index is 821. The van der Waals surface area contributed by atoms with Crippen LogP contribution in [-0.4, -0.2) is 24.0 Å². The Labute approximate surface area is 123 Å². The monoisotopic (exact) mass is 304 g/mol. The SMILES string of the molecule is CCc1nn(C)cc1CN=C1NS(=O)(=O)c2ccccc21. The van der Waals surface area contributed by atoms with Gasteiger partial charge in [-0.3, -0.25) is 14.4 Å². The van der Waals surface area contributed by atoms with Crippen molar-refractivity contribution in [3.05, 3.63) is 47.3 Å². The molecule has 2 aromatic rings. The topological polar surface area (TPSA) is 76.3 Å². The van der Waals surface area contributed by atoms with E-state index in [4.69, 9.17) is 0 Å². The number of aliphatic imine (C=N–C) groups is 1. The molecule has 0 atom stereocenters. The van der Waals surface area contributed by atoms with Crippen molar-refractivity contribution < 1.29 is 8.42 Å². The number of hydrogen-bond acceptors (Lipinski definition) is 4. The first-order valence-corrected chi connectivity index (χ1v) is 8.17. The number of fused-ring (bicyclic) bond motifs is 1. The summed E-state index contributed by atoms with van der Waals surface area (Å²) in [6.45, 7) is 2.44. The van der Waals surface area contributed by atoms with Gasteiger partial charge in [-0.2, -0.15) is 5.10 Å². The van der Waals surface area contributed by atoms with Crippen molar-refractivity contribution in [2.75, 3.05) is 0 Å². The van der Waals surface area contributed by atoms with Crippen molar-refractivity contribution in [2.45, 2.75) is 24.8 Å². The Balaban J connectivity index is 1.95. The Kier molecular flexibility index (Phi) is 3.29. The van der Waals surface area contributed by atoms with Gasteiger partial charge in [0.1, 0.15) is 5.84 Å². The molecule has 0 aliphatic carbocycles. The smallest absolute Gasteiger partial charge is 0.263 e. The minimum absolute atomic E-state index is 0.283. The van der Waals surface area contributed by atoms with Crippen LogP contribution in [0.1, 0.15) is 23.7 Å². The average Bonchev–Trinajstić information content (AvgIpc) is 2.95. The number of aryl methyl sites for hydroxylation is 2. The number of sulfonamides is 1. The third-order valence-electron chi connectivity index (χ3n) is 3.40. The van der Waals surface area contributed by atoms with Crippen molar-refractivity contribution in [1.29, 1.82) is 0 Å². The van der Waals surface area contributed by atoms with Crippen LogP contribution in [0.4, 0.5) is 0 Å². The van der Waals surface area contributed by atoms with Crippen molar-refractivity contribution >= 4 is 15.9 Å². The highest BCUT2D eigenvalue weighted by Crippen LogP contribution is 2.22. The molecule has 7 heteroatoms. The molecule has 6 nitrogen and oxygen atoms in total. The molecule has 0 bridgehead atoms. The zero-order valence-corrected chi connectivity index (χ0v) is 12.7. The molecule has 0 spiro atoms. The molecule has 3 rings (SSSR count). The van der Waals surface area contributed by atoms with E-state index in [1.54, 1.807) is 28.9 Å². The van der Waals surface area contributed by atoms with Gasteiger partial charge < -0.3 is 0 Å². The van der Waals surface area contributed by atoms with Crippen LogP contribution in [0.2, 0.25) is 0 Å². The summed E-state index contributed by atoms with van der Waals surface area (Å²) in [5, 5.41) is 4.36. The Morgan fingerprint density at radius 2 is 2.10 bits per heavy atom. The fourth-order valence-electron chi connectivity index (χ4n) is 2.43. The van der Waals surface area contributed by atoms with Crippen LogP contribution in [0.25, 0.3) is 0 Å². The Morgan fingerprint density at radius 3 is 2.86 bits per heavy atom. The molecule has 1 aromatic carbocycles. The lowest BCUT2D eigenvalue weighted by molar-refractivity contribution is 0.595. The van der Waals surface area contributed by atoms with Gasteiger partial charge in [0, 0.05) is 24.4 Å². The van der Waals surface area contributed by atoms with E-state index in [1.807, 2.05) is 20.2 Å². The lowest BCUT2D eigenvalue weighted by Gasteiger charge is -1.99. The molecule has 110 valence electrons. The van der Waals surface area contributed by atoms with Crippen LogP contribution < -0.4 is 4.72 Å². The molecule has 1 N–H and O–H groups in total. The van der Waals surface area contributed by atoms with Gasteiger partial charge in [-0.15, -0.1) is 0 Å². The van der Waals surface area contributed by atoms with Crippen LogP contribution >= 0.6 is 0 Å². The summed E-state index contributed by atoms with van der Waals surface area (Å²) in [5.74, 6) is 0.400. The molecule has 21 heavy (non-hydrogen) atoms. The van der Waals surface area contributed by atoms with Gasteiger partial charge in [0.2, 0.25) is 0 Å². The van der Waals surface area contributed by atoms with Crippen molar-refractivity contribution in [3.63, 3.8) is 0 Å². The number of amidine groups is 1. The fraction of sp³-hybridized carbons (Fsp3) is 0.286. The number of rotatable bonds is 3. The van der Waals surface area contributed by atoms with E-state index in [2.05, 4.69) is 14.8 Å². The van der Waals surface area contributed by atoms with Crippen LogP contribution in [0.15, 0.2) is 40.4 Å². The average molecular weight is 304 g/mol. The molecule has 1 aromatic heterocycles. The first kappa shape index (κ1) is 13.8. The van der Waals surface area contributed by atoms with E-state index in [1.165, 1.54) is 0 Å². The van der Waals surface area contributed by atoms with E-state index < -0.39 is 10.0 Å². The maximum absolute atomic E-state index is 12.0. The number of benzene rings is 1. The minimum Gasteiger partial charge on any atom is -0.275 e. The molecule has 2 heterocycles. The van der Waals surface area contributed by atoms with E-state index in [9.17, 15) is 8.42 Å². The lowest BCUT2D eigenvalue weighted by Crippen LogP contribution is -2.22. The highest BCUT2D eigenvalue weighted by atomic mass is 32.2. The summed E-state index contributed by atoms with van der Waals surface area (Å²) >= 11 is 0. The molecule has 0 amide bonds. The first-order valence-electron chi connectivity index (χ1n) is 6.69. The summed E-state index contributed by atoms with van der Waals surface area (Å²) in [4.78, 5) is 4.71. The predicted molar refractivity (Wildman–Crippen MR) is 79.6 cm³/mol. The Hall–Kier alpha value is -2.15. The van der Waals surface area contributed by atoms with Crippen molar-refractivity contribution in [2.24, 2.45) is 12.0 Å². The van der Waals surface area contributed by atoms with Crippen LogP contribution in [0, 0.1) is 0 Å². The molecular weight excluding hydrogens is 288 g/mol.